The molecule has 0 saturated carbocycles. The Morgan fingerprint density at radius 3 is 1.54 bits per heavy atom. The van der Waals surface area contributed by atoms with Crippen LogP contribution in [0.1, 0.15) is 124 Å². The van der Waals surface area contributed by atoms with Crippen molar-refractivity contribution in [3.63, 3.8) is 0 Å². The van der Waals surface area contributed by atoms with Gasteiger partial charge in [0.25, 0.3) is 0 Å². The second kappa shape index (κ2) is 23.8. The van der Waals surface area contributed by atoms with Crippen LogP contribution in [0, 0.1) is 0 Å². The van der Waals surface area contributed by atoms with Gasteiger partial charge in [-0.3, -0.25) is 0 Å². The van der Waals surface area contributed by atoms with Crippen LogP contribution < -0.4 is 51.4 Å². The molecule has 0 N–H and O–H groups in total. The van der Waals surface area contributed by atoms with E-state index in [0.717, 1.165) is 82.4 Å². The van der Waals surface area contributed by atoms with Gasteiger partial charge in [-0.1, -0.05) is 75.7 Å². The third-order valence-electron chi connectivity index (χ3n) is 6.19. The first-order valence-corrected chi connectivity index (χ1v) is 15.4. The summed E-state index contributed by atoms with van der Waals surface area (Å²) in [5.41, 5.74) is -0.371. The number of carbonyl (C=O) groups is 2. The Morgan fingerprint density at radius 2 is 1.10 bits per heavy atom. The maximum absolute atomic E-state index is 12.7. The van der Waals surface area contributed by atoms with Gasteiger partial charge in [-0.2, -0.15) is 0 Å². The SMILES string of the molecule is C/C=C/CCCCCCCCOC(=O)c1ccc(S(=O)(=O)[O-])cc1C(=O)OCCCCCCCC/C=C/C.[K+]. The van der Waals surface area contributed by atoms with Crippen LogP contribution in [0.4, 0.5) is 0 Å². The molecule has 1 aromatic carbocycles. The molecule has 0 heterocycles. The summed E-state index contributed by atoms with van der Waals surface area (Å²) in [4.78, 5) is 24.7. The number of rotatable bonds is 21. The van der Waals surface area contributed by atoms with Gasteiger partial charge in [0.05, 0.1) is 29.2 Å². The molecule has 1 rings (SSSR count). The predicted octanol–water partition coefficient (Wildman–Crippen LogP) is 4.52. The van der Waals surface area contributed by atoms with Crippen molar-refractivity contribution < 1.29 is 83.4 Å². The van der Waals surface area contributed by atoms with Gasteiger partial charge in [0, 0.05) is 0 Å². The minimum atomic E-state index is -4.80. The minimum Gasteiger partial charge on any atom is -0.744 e. The van der Waals surface area contributed by atoms with Gasteiger partial charge in [-0.15, -0.1) is 0 Å². The summed E-state index contributed by atoms with van der Waals surface area (Å²) < 4.78 is 45.0. The standard InChI is InChI=1S/C30H46O7S.K/c1-3-5-7-9-11-13-15-17-19-23-36-29(31)27-22-21-26(38(33,34)35)25-28(27)30(32)37-24-20-18-16-14-12-10-8-6-4-2;/h3-6,21-22,25H,7-20,23-24H2,1-2H3,(H,33,34,35);/q;+1/p-1/b5-3+,6-4+;. The van der Waals surface area contributed by atoms with Crippen LogP contribution in [0.2, 0.25) is 0 Å². The van der Waals surface area contributed by atoms with E-state index in [1.807, 2.05) is 13.8 Å². The van der Waals surface area contributed by atoms with Gasteiger partial charge < -0.3 is 14.0 Å². The van der Waals surface area contributed by atoms with Crippen molar-refractivity contribution in [1.82, 2.24) is 0 Å². The van der Waals surface area contributed by atoms with Gasteiger partial charge in [0.2, 0.25) is 0 Å². The van der Waals surface area contributed by atoms with Crippen molar-refractivity contribution in [1.29, 1.82) is 0 Å². The van der Waals surface area contributed by atoms with Crippen LogP contribution in [0.15, 0.2) is 47.4 Å². The van der Waals surface area contributed by atoms with E-state index in [2.05, 4.69) is 24.3 Å². The zero-order chi connectivity index (χ0) is 28.1. The molecule has 0 aliphatic heterocycles. The van der Waals surface area contributed by atoms with Gasteiger partial charge >= 0.3 is 63.3 Å². The van der Waals surface area contributed by atoms with Gasteiger partial charge in [-0.05, 0) is 70.6 Å². The molecule has 0 aliphatic carbocycles. The van der Waals surface area contributed by atoms with Gasteiger partial charge in [0.15, 0.2) is 0 Å². The second-order valence-electron chi connectivity index (χ2n) is 9.39. The first kappa shape index (κ1) is 38.2. The summed E-state index contributed by atoms with van der Waals surface area (Å²) in [6, 6.07) is 3.06. The van der Waals surface area contributed by atoms with Gasteiger partial charge in [-0.25, -0.2) is 18.0 Å². The number of unbranched alkanes of at least 4 members (excludes halogenated alkanes) is 12. The molecule has 0 fully saturated rings. The molecule has 0 spiro atoms. The third-order valence-corrected chi connectivity index (χ3v) is 7.02. The van der Waals surface area contributed by atoms with Crippen molar-refractivity contribution >= 4 is 22.1 Å². The fourth-order valence-electron chi connectivity index (χ4n) is 3.99. The Labute approximate surface area is 278 Å². The van der Waals surface area contributed by atoms with E-state index in [9.17, 15) is 22.6 Å². The van der Waals surface area contributed by atoms with Crippen LogP contribution in [0.25, 0.3) is 0 Å². The monoisotopic (exact) mass is 588 g/mol. The van der Waals surface area contributed by atoms with E-state index in [0.29, 0.717) is 12.8 Å². The average Bonchev–Trinajstić information content (AvgIpc) is 2.89. The van der Waals surface area contributed by atoms with E-state index in [1.54, 1.807) is 0 Å². The largest absolute Gasteiger partial charge is 1.00 e. The summed E-state index contributed by atoms with van der Waals surface area (Å²) >= 11 is 0. The van der Waals surface area contributed by atoms with E-state index in [1.165, 1.54) is 12.8 Å². The van der Waals surface area contributed by atoms with Crippen molar-refractivity contribution in [2.24, 2.45) is 0 Å². The molecule has 0 saturated heterocycles. The van der Waals surface area contributed by atoms with E-state index >= 15 is 0 Å². The first-order valence-electron chi connectivity index (χ1n) is 14.0. The smallest absolute Gasteiger partial charge is 0.744 e. The topological polar surface area (TPSA) is 110 Å². The Balaban J connectivity index is 0.0000144. The number of allylic oxidation sites excluding steroid dienone is 4. The maximum Gasteiger partial charge on any atom is 1.00 e. The predicted molar refractivity (Wildman–Crippen MR) is 149 cm³/mol. The molecule has 0 bridgehead atoms. The number of hydrogen-bond acceptors (Lipinski definition) is 7. The number of carbonyl (C=O) groups excluding carboxylic acids is 2. The van der Waals surface area contributed by atoms with Crippen molar-refractivity contribution in [2.75, 3.05) is 13.2 Å². The third kappa shape index (κ3) is 18.3. The number of ether oxygens (including phenoxy) is 2. The maximum atomic E-state index is 12.7. The molecule has 0 atom stereocenters. The fourth-order valence-corrected chi connectivity index (χ4v) is 4.48. The van der Waals surface area contributed by atoms with Crippen molar-refractivity contribution in [3.05, 3.63) is 53.6 Å². The molecule has 1 aromatic rings. The molecule has 0 unspecified atom stereocenters. The molecule has 9 heteroatoms. The van der Waals surface area contributed by atoms with Crippen LogP contribution in [-0.2, 0) is 19.6 Å². The average molecular weight is 589 g/mol. The molecule has 0 radical (unpaired) electrons. The molecule has 39 heavy (non-hydrogen) atoms. The van der Waals surface area contributed by atoms with E-state index in [4.69, 9.17) is 9.47 Å². The number of esters is 2. The first-order chi connectivity index (χ1) is 18.3. The van der Waals surface area contributed by atoms with Gasteiger partial charge in [0.1, 0.15) is 10.1 Å². The minimum absolute atomic E-state index is 0. The number of benzene rings is 1. The quantitative estimate of drug-likeness (QED) is 0.0683. The summed E-state index contributed by atoms with van der Waals surface area (Å²) in [7, 11) is -4.80. The van der Waals surface area contributed by atoms with Crippen LogP contribution >= 0.6 is 0 Å². The summed E-state index contributed by atoms with van der Waals surface area (Å²) in [6.07, 6.45) is 22.8. The zero-order valence-electron chi connectivity index (χ0n) is 24.1. The Kier molecular flexibility index (Phi) is 23.4. The normalized spacial score (nSPS) is 11.6. The molecule has 7 nitrogen and oxygen atoms in total. The Bertz CT molecular complexity index is 987. The van der Waals surface area contributed by atoms with E-state index < -0.39 is 27.0 Å². The molecule has 0 aromatic heterocycles. The van der Waals surface area contributed by atoms with Crippen LogP contribution in [0.3, 0.4) is 0 Å². The zero-order valence-corrected chi connectivity index (χ0v) is 28.1. The molecular formula is C30H45KO7S. The van der Waals surface area contributed by atoms with Crippen molar-refractivity contribution in [3.8, 4) is 0 Å². The summed E-state index contributed by atoms with van der Waals surface area (Å²) in [5.74, 6) is -1.58. The number of hydrogen-bond donors (Lipinski definition) is 0. The fraction of sp³-hybridized carbons (Fsp3) is 0.600. The molecule has 0 amide bonds. The Hall–Kier alpha value is -0.814. The molecule has 0 aliphatic rings. The Morgan fingerprint density at radius 1 is 0.692 bits per heavy atom. The molecule has 214 valence electrons. The summed E-state index contributed by atoms with van der Waals surface area (Å²) in [6.45, 7) is 4.38. The second-order valence-corrected chi connectivity index (χ2v) is 10.8. The van der Waals surface area contributed by atoms with E-state index in [-0.39, 0.29) is 75.7 Å². The molecular weight excluding hydrogens is 543 g/mol. The van der Waals surface area contributed by atoms with Crippen molar-refractivity contribution in [2.45, 2.75) is 109 Å². The summed E-state index contributed by atoms with van der Waals surface area (Å²) in [5, 5.41) is 0. The van der Waals surface area contributed by atoms with Crippen LogP contribution in [-0.4, -0.2) is 38.1 Å². The van der Waals surface area contributed by atoms with Crippen LogP contribution in [0.5, 0.6) is 0 Å².